The largest absolute Gasteiger partial charge is 0.484 e. The van der Waals surface area contributed by atoms with Crippen LogP contribution in [0.5, 0.6) is 5.75 Å². The highest BCUT2D eigenvalue weighted by Crippen LogP contribution is 2.20. The van der Waals surface area contributed by atoms with Crippen LogP contribution in [0.3, 0.4) is 0 Å². The summed E-state index contributed by atoms with van der Waals surface area (Å²) < 4.78 is 11.2. The van der Waals surface area contributed by atoms with Crippen LogP contribution in [-0.2, 0) is 6.61 Å². The number of hydrogen-bond acceptors (Lipinski definition) is 4. The normalized spacial score (nSPS) is 10.6. The van der Waals surface area contributed by atoms with E-state index in [2.05, 4.69) is 10.2 Å². The molecule has 5 heteroatoms. The van der Waals surface area contributed by atoms with Crippen molar-refractivity contribution in [3.05, 3.63) is 65.0 Å². The fourth-order valence-corrected chi connectivity index (χ4v) is 2.01. The van der Waals surface area contributed by atoms with E-state index in [-0.39, 0.29) is 6.61 Å². The van der Waals surface area contributed by atoms with Gasteiger partial charge in [-0.05, 0) is 43.3 Å². The molecule has 0 unspecified atom stereocenters. The molecule has 0 aliphatic heterocycles. The molecule has 0 fully saturated rings. The molecule has 0 aliphatic rings. The second-order valence-electron chi connectivity index (χ2n) is 4.61. The van der Waals surface area contributed by atoms with Crippen LogP contribution in [0.25, 0.3) is 11.5 Å². The molecule has 2 aromatic carbocycles. The Balaban J connectivity index is 1.69. The lowest BCUT2D eigenvalue weighted by molar-refractivity contribution is 0.264. The van der Waals surface area contributed by atoms with Gasteiger partial charge in [0.1, 0.15) is 5.75 Å². The van der Waals surface area contributed by atoms with Gasteiger partial charge in [-0.3, -0.25) is 0 Å². The highest BCUT2D eigenvalue weighted by molar-refractivity contribution is 6.30. The molecule has 106 valence electrons. The monoisotopic (exact) mass is 300 g/mol. The zero-order chi connectivity index (χ0) is 14.7. The Hall–Kier alpha value is -2.33. The third-order valence-electron chi connectivity index (χ3n) is 2.91. The van der Waals surface area contributed by atoms with Crippen molar-refractivity contribution in [2.45, 2.75) is 13.5 Å². The van der Waals surface area contributed by atoms with E-state index in [0.717, 1.165) is 11.1 Å². The lowest BCUT2D eigenvalue weighted by Crippen LogP contribution is -1.95. The van der Waals surface area contributed by atoms with Gasteiger partial charge in [0.15, 0.2) is 6.61 Å². The minimum atomic E-state index is 0.223. The molecule has 3 rings (SSSR count). The van der Waals surface area contributed by atoms with Crippen molar-refractivity contribution in [2.75, 3.05) is 0 Å². The first kappa shape index (κ1) is 13.6. The summed E-state index contributed by atoms with van der Waals surface area (Å²) in [6.07, 6.45) is 0. The molecule has 0 saturated heterocycles. The third kappa shape index (κ3) is 3.41. The van der Waals surface area contributed by atoms with E-state index in [1.54, 1.807) is 24.3 Å². The van der Waals surface area contributed by atoms with Gasteiger partial charge >= 0.3 is 0 Å². The number of halogens is 1. The summed E-state index contributed by atoms with van der Waals surface area (Å²) in [5, 5.41) is 8.69. The summed E-state index contributed by atoms with van der Waals surface area (Å²) >= 11 is 5.82. The predicted octanol–water partition coefficient (Wildman–Crippen LogP) is 4.28. The van der Waals surface area contributed by atoms with E-state index in [1.807, 2.05) is 31.2 Å². The van der Waals surface area contributed by atoms with Gasteiger partial charge in [-0.15, -0.1) is 10.2 Å². The van der Waals surface area contributed by atoms with Crippen LogP contribution < -0.4 is 4.74 Å². The van der Waals surface area contributed by atoms with E-state index in [4.69, 9.17) is 20.8 Å². The maximum atomic E-state index is 5.82. The Kier molecular flexibility index (Phi) is 3.88. The van der Waals surface area contributed by atoms with E-state index in [0.29, 0.717) is 22.6 Å². The molecule has 4 nitrogen and oxygen atoms in total. The molecule has 0 radical (unpaired) electrons. The van der Waals surface area contributed by atoms with Crippen LogP contribution in [0.4, 0.5) is 0 Å². The van der Waals surface area contributed by atoms with Crippen LogP contribution in [0, 0.1) is 6.92 Å². The average molecular weight is 301 g/mol. The second kappa shape index (κ2) is 5.97. The second-order valence-corrected chi connectivity index (χ2v) is 5.05. The van der Waals surface area contributed by atoms with Crippen molar-refractivity contribution in [1.82, 2.24) is 10.2 Å². The lowest BCUT2D eigenvalue weighted by Gasteiger charge is -2.02. The summed E-state index contributed by atoms with van der Waals surface area (Å²) in [7, 11) is 0. The summed E-state index contributed by atoms with van der Waals surface area (Å²) in [6.45, 7) is 2.24. The van der Waals surface area contributed by atoms with Gasteiger partial charge in [0.05, 0.1) is 0 Å². The Bertz CT molecular complexity index is 738. The first-order valence-corrected chi connectivity index (χ1v) is 6.86. The van der Waals surface area contributed by atoms with Crippen molar-refractivity contribution in [3.8, 4) is 17.2 Å². The molecule has 3 aromatic rings. The maximum Gasteiger partial charge on any atom is 0.254 e. The maximum absolute atomic E-state index is 5.82. The van der Waals surface area contributed by atoms with E-state index < -0.39 is 0 Å². The number of rotatable bonds is 4. The van der Waals surface area contributed by atoms with Gasteiger partial charge < -0.3 is 9.15 Å². The molecule has 1 heterocycles. The molecule has 0 bridgehead atoms. The summed E-state index contributed by atoms with van der Waals surface area (Å²) in [4.78, 5) is 0. The molecule has 0 N–H and O–H groups in total. The molecule has 1 aromatic heterocycles. The van der Waals surface area contributed by atoms with Gasteiger partial charge in [0.25, 0.3) is 5.89 Å². The number of ether oxygens (including phenoxy) is 1. The molecule has 0 atom stereocenters. The molecular formula is C16H13ClN2O2. The Labute approximate surface area is 127 Å². The average Bonchev–Trinajstić information content (AvgIpc) is 2.96. The zero-order valence-electron chi connectivity index (χ0n) is 11.4. The first-order valence-electron chi connectivity index (χ1n) is 6.48. The predicted molar refractivity (Wildman–Crippen MR) is 80.3 cm³/mol. The van der Waals surface area contributed by atoms with E-state index >= 15 is 0 Å². The number of aryl methyl sites for hydroxylation is 1. The van der Waals surface area contributed by atoms with Crippen LogP contribution in [0.1, 0.15) is 11.5 Å². The Morgan fingerprint density at radius 3 is 2.67 bits per heavy atom. The Morgan fingerprint density at radius 2 is 1.90 bits per heavy atom. The fourth-order valence-electron chi connectivity index (χ4n) is 1.88. The lowest BCUT2D eigenvalue weighted by atomic mass is 10.1. The molecule has 21 heavy (non-hydrogen) atoms. The van der Waals surface area contributed by atoms with Gasteiger partial charge in [0.2, 0.25) is 5.89 Å². The molecule has 0 amide bonds. The van der Waals surface area contributed by atoms with Crippen LogP contribution >= 0.6 is 11.6 Å². The standard InChI is InChI=1S/C16H13ClN2O2/c1-11-3-2-4-12(9-11)16-19-18-15(21-16)10-20-14-7-5-13(17)6-8-14/h2-9H,10H2,1H3. The topological polar surface area (TPSA) is 48.2 Å². The van der Waals surface area contributed by atoms with Crippen molar-refractivity contribution in [1.29, 1.82) is 0 Å². The van der Waals surface area contributed by atoms with Gasteiger partial charge in [-0.1, -0.05) is 29.3 Å². The van der Waals surface area contributed by atoms with Crippen LogP contribution in [0.2, 0.25) is 5.02 Å². The SMILES string of the molecule is Cc1cccc(-c2nnc(COc3ccc(Cl)cc3)o2)c1. The smallest absolute Gasteiger partial charge is 0.254 e. The van der Waals surface area contributed by atoms with Gasteiger partial charge in [0, 0.05) is 10.6 Å². The third-order valence-corrected chi connectivity index (χ3v) is 3.16. The van der Waals surface area contributed by atoms with E-state index in [9.17, 15) is 0 Å². The van der Waals surface area contributed by atoms with Crippen molar-refractivity contribution >= 4 is 11.6 Å². The van der Waals surface area contributed by atoms with Crippen LogP contribution in [0.15, 0.2) is 52.9 Å². The number of hydrogen-bond donors (Lipinski definition) is 0. The van der Waals surface area contributed by atoms with Crippen molar-refractivity contribution < 1.29 is 9.15 Å². The highest BCUT2D eigenvalue weighted by Gasteiger charge is 2.09. The first-order chi connectivity index (χ1) is 10.2. The van der Waals surface area contributed by atoms with Gasteiger partial charge in [-0.25, -0.2) is 0 Å². The molecule has 0 spiro atoms. The molecular weight excluding hydrogens is 288 g/mol. The number of aromatic nitrogens is 2. The summed E-state index contributed by atoms with van der Waals surface area (Å²) in [6, 6.07) is 15.0. The highest BCUT2D eigenvalue weighted by atomic mass is 35.5. The fraction of sp³-hybridized carbons (Fsp3) is 0.125. The summed E-state index contributed by atoms with van der Waals surface area (Å²) in [5.41, 5.74) is 2.05. The van der Waals surface area contributed by atoms with Crippen molar-refractivity contribution in [3.63, 3.8) is 0 Å². The minimum Gasteiger partial charge on any atom is -0.484 e. The van der Waals surface area contributed by atoms with Crippen molar-refractivity contribution in [2.24, 2.45) is 0 Å². The van der Waals surface area contributed by atoms with Gasteiger partial charge in [-0.2, -0.15) is 0 Å². The molecule has 0 saturated carbocycles. The quantitative estimate of drug-likeness (QED) is 0.721. The number of benzene rings is 2. The summed E-state index contributed by atoms with van der Waals surface area (Å²) in [5.74, 6) is 1.63. The Morgan fingerprint density at radius 1 is 1.10 bits per heavy atom. The van der Waals surface area contributed by atoms with Crippen LogP contribution in [-0.4, -0.2) is 10.2 Å². The van der Waals surface area contributed by atoms with E-state index in [1.165, 1.54) is 0 Å². The minimum absolute atomic E-state index is 0.223. The number of nitrogens with zero attached hydrogens (tertiary/aromatic N) is 2. The molecule has 0 aliphatic carbocycles. The zero-order valence-corrected chi connectivity index (χ0v) is 12.2.